The first kappa shape index (κ1) is 19.6. The van der Waals surface area contributed by atoms with Gasteiger partial charge in [-0.15, -0.1) is 0 Å². The molecule has 1 heterocycles. The molecule has 0 unspecified atom stereocenters. The number of hydrogen-bond acceptors (Lipinski definition) is 3. The minimum absolute atomic E-state index is 0.0468. The highest BCUT2D eigenvalue weighted by atomic mass is 16.2. The molecule has 0 radical (unpaired) electrons. The van der Waals surface area contributed by atoms with Crippen LogP contribution in [0.15, 0.2) is 48.5 Å². The average molecular weight is 379 g/mol. The van der Waals surface area contributed by atoms with E-state index in [2.05, 4.69) is 36.7 Å². The maximum atomic E-state index is 12.4. The fourth-order valence-corrected chi connectivity index (χ4v) is 3.07. The lowest BCUT2D eigenvalue weighted by Crippen LogP contribution is -2.41. The van der Waals surface area contributed by atoms with Gasteiger partial charge in [-0.3, -0.25) is 14.4 Å². The Kier molecular flexibility index (Phi) is 5.49. The van der Waals surface area contributed by atoms with Gasteiger partial charge in [-0.05, 0) is 41.7 Å². The molecule has 3 rings (SSSR count). The molecule has 6 heteroatoms. The molecule has 0 fully saturated rings. The fourth-order valence-electron chi connectivity index (χ4n) is 3.07. The molecule has 1 aliphatic heterocycles. The number of para-hydroxylation sites is 1. The van der Waals surface area contributed by atoms with Gasteiger partial charge in [0.05, 0.1) is 11.3 Å². The summed E-state index contributed by atoms with van der Waals surface area (Å²) in [7, 11) is 0. The number of benzene rings is 2. The number of hydrogen-bond donors (Lipinski definition) is 3. The smallest absolute Gasteiger partial charge is 0.254 e. The third-order valence-corrected chi connectivity index (χ3v) is 4.75. The molecule has 28 heavy (non-hydrogen) atoms. The zero-order chi connectivity index (χ0) is 20.3. The van der Waals surface area contributed by atoms with Gasteiger partial charge in [0.25, 0.3) is 5.91 Å². The van der Waals surface area contributed by atoms with E-state index in [9.17, 15) is 14.4 Å². The first-order valence-electron chi connectivity index (χ1n) is 9.35. The predicted molar refractivity (Wildman–Crippen MR) is 109 cm³/mol. The lowest BCUT2D eigenvalue weighted by molar-refractivity contribution is -0.118. The summed E-state index contributed by atoms with van der Waals surface area (Å²) in [6, 6.07) is 13.8. The molecule has 0 saturated heterocycles. The molecule has 0 bridgehead atoms. The lowest BCUT2D eigenvalue weighted by atomic mass is 9.87. The van der Waals surface area contributed by atoms with E-state index in [-0.39, 0.29) is 36.0 Å². The Morgan fingerprint density at radius 3 is 2.39 bits per heavy atom. The number of fused-ring (bicyclic) bond motifs is 1. The van der Waals surface area contributed by atoms with Crippen LogP contribution in [0.1, 0.15) is 49.5 Å². The third-order valence-electron chi connectivity index (χ3n) is 4.75. The van der Waals surface area contributed by atoms with Crippen molar-refractivity contribution in [2.24, 2.45) is 0 Å². The zero-order valence-electron chi connectivity index (χ0n) is 16.3. The van der Waals surface area contributed by atoms with Crippen LogP contribution in [0.2, 0.25) is 0 Å². The Morgan fingerprint density at radius 1 is 1.04 bits per heavy atom. The SMILES string of the molecule is CC(C)(C)c1ccc(NC(=O)CC[C@@H]2NC(=O)c3ccccc3NC2=O)cc1. The maximum Gasteiger partial charge on any atom is 0.254 e. The Hall–Kier alpha value is -3.15. The Morgan fingerprint density at radius 2 is 1.71 bits per heavy atom. The molecule has 2 aromatic carbocycles. The van der Waals surface area contributed by atoms with Gasteiger partial charge in [0.15, 0.2) is 0 Å². The van der Waals surface area contributed by atoms with Gasteiger partial charge < -0.3 is 16.0 Å². The molecular formula is C22H25N3O3. The molecule has 0 aliphatic carbocycles. The number of carbonyl (C=O) groups is 3. The highest BCUT2D eigenvalue weighted by Crippen LogP contribution is 2.24. The van der Waals surface area contributed by atoms with Crippen molar-refractivity contribution in [2.75, 3.05) is 10.6 Å². The van der Waals surface area contributed by atoms with Gasteiger partial charge in [-0.25, -0.2) is 0 Å². The molecule has 0 aromatic heterocycles. The van der Waals surface area contributed by atoms with Gasteiger partial charge in [-0.1, -0.05) is 45.0 Å². The van der Waals surface area contributed by atoms with Crippen LogP contribution in [0, 0.1) is 0 Å². The second-order valence-electron chi connectivity index (χ2n) is 7.98. The summed E-state index contributed by atoms with van der Waals surface area (Å²) in [6.07, 6.45) is 0.340. The maximum absolute atomic E-state index is 12.4. The monoisotopic (exact) mass is 379 g/mol. The molecule has 0 spiro atoms. The molecule has 6 nitrogen and oxygen atoms in total. The molecule has 2 aromatic rings. The van der Waals surface area contributed by atoms with Crippen molar-refractivity contribution in [3.63, 3.8) is 0 Å². The van der Waals surface area contributed by atoms with E-state index in [1.807, 2.05) is 24.3 Å². The second kappa shape index (κ2) is 7.84. The molecule has 1 aliphatic rings. The van der Waals surface area contributed by atoms with E-state index in [4.69, 9.17) is 0 Å². The summed E-state index contributed by atoms with van der Waals surface area (Å²) >= 11 is 0. The van der Waals surface area contributed by atoms with E-state index in [1.54, 1.807) is 24.3 Å². The largest absolute Gasteiger partial charge is 0.340 e. The molecule has 1 atom stereocenters. The summed E-state index contributed by atoms with van der Waals surface area (Å²) < 4.78 is 0. The van der Waals surface area contributed by atoms with Crippen LogP contribution < -0.4 is 16.0 Å². The van der Waals surface area contributed by atoms with E-state index >= 15 is 0 Å². The van der Waals surface area contributed by atoms with Crippen molar-refractivity contribution in [3.05, 3.63) is 59.7 Å². The minimum Gasteiger partial charge on any atom is -0.340 e. The van der Waals surface area contributed by atoms with Crippen LogP contribution in [0.3, 0.4) is 0 Å². The van der Waals surface area contributed by atoms with Crippen molar-refractivity contribution in [1.82, 2.24) is 5.32 Å². The number of rotatable bonds is 4. The first-order chi connectivity index (χ1) is 13.2. The topological polar surface area (TPSA) is 87.3 Å². The van der Waals surface area contributed by atoms with Gasteiger partial charge in [-0.2, -0.15) is 0 Å². The highest BCUT2D eigenvalue weighted by Gasteiger charge is 2.27. The van der Waals surface area contributed by atoms with E-state index in [0.29, 0.717) is 16.9 Å². The van der Waals surface area contributed by atoms with Gasteiger partial charge in [0.1, 0.15) is 6.04 Å². The normalized spacial score (nSPS) is 16.5. The standard InChI is InChI=1S/C22H25N3O3/c1-22(2,3)14-8-10-15(11-9-14)23-19(26)13-12-18-21(28)24-17-7-5-4-6-16(17)20(27)25-18/h4-11,18H,12-13H2,1-3H3,(H,23,26)(H,24,28)(H,25,27)/t18-/m0/s1. The summed E-state index contributed by atoms with van der Waals surface area (Å²) in [4.78, 5) is 36.9. The fraction of sp³-hybridized carbons (Fsp3) is 0.318. The summed E-state index contributed by atoms with van der Waals surface area (Å²) in [5.41, 5.74) is 2.84. The lowest BCUT2D eigenvalue weighted by Gasteiger charge is -2.19. The van der Waals surface area contributed by atoms with Crippen LogP contribution >= 0.6 is 0 Å². The summed E-state index contributed by atoms with van der Waals surface area (Å²) in [6.45, 7) is 6.39. The molecular weight excluding hydrogens is 354 g/mol. The molecule has 0 saturated carbocycles. The van der Waals surface area contributed by atoms with Gasteiger partial charge >= 0.3 is 0 Å². The number of nitrogens with one attached hydrogen (secondary N) is 3. The van der Waals surface area contributed by atoms with Gasteiger partial charge in [0.2, 0.25) is 11.8 Å². The van der Waals surface area contributed by atoms with Crippen LogP contribution in [-0.4, -0.2) is 23.8 Å². The van der Waals surface area contributed by atoms with Crippen molar-refractivity contribution in [1.29, 1.82) is 0 Å². The van der Waals surface area contributed by atoms with E-state index in [1.165, 1.54) is 5.56 Å². The Labute approximate surface area is 164 Å². The predicted octanol–water partition coefficient (Wildman–Crippen LogP) is 3.45. The Balaban J connectivity index is 1.57. The van der Waals surface area contributed by atoms with Gasteiger partial charge in [0, 0.05) is 12.1 Å². The van der Waals surface area contributed by atoms with Crippen molar-refractivity contribution in [3.8, 4) is 0 Å². The van der Waals surface area contributed by atoms with Crippen LogP contribution in [-0.2, 0) is 15.0 Å². The van der Waals surface area contributed by atoms with Crippen LogP contribution in [0.5, 0.6) is 0 Å². The van der Waals surface area contributed by atoms with Crippen molar-refractivity contribution < 1.29 is 14.4 Å². The van der Waals surface area contributed by atoms with Crippen molar-refractivity contribution >= 4 is 29.1 Å². The third kappa shape index (κ3) is 4.57. The quantitative estimate of drug-likeness (QED) is 0.760. The number of anilines is 2. The zero-order valence-corrected chi connectivity index (χ0v) is 16.3. The molecule has 3 amide bonds. The van der Waals surface area contributed by atoms with E-state index in [0.717, 1.165) is 0 Å². The Bertz CT molecular complexity index is 898. The first-order valence-corrected chi connectivity index (χ1v) is 9.35. The highest BCUT2D eigenvalue weighted by molar-refractivity contribution is 6.09. The molecule has 146 valence electrons. The minimum atomic E-state index is -0.756. The number of amides is 3. The summed E-state index contributed by atoms with van der Waals surface area (Å²) in [5.74, 6) is -0.843. The number of carbonyl (C=O) groups excluding carboxylic acids is 3. The summed E-state index contributed by atoms with van der Waals surface area (Å²) in [5, 5.41) is 8.28. The molecule has 3 N–H and O–H groups in total. The average Bonchev–Trinajstić information content (AvgIpc) is 2.76. The second-order valence-corrected chi connectivity index (χ2v) is 7.98. The van der Waals surface area contributed by atoms with Crippen LogP contribution in [0.4, 0.5) is 11.4 Å². The van der Waals surface area contributed by atoms with Crippen LogP contribution in [0.25, 0.3) is 0 Å². The van der Waals surface area contributed by atoms with Crippen molar-refractivity contribution in [2.45, 2.75) is 45.1 Å². The van der Waals surface area contributed by atoms with E-state index < -0.39 is 6.04 Å².